The van der Waals surface area contributed by atoms with Crippen molar-refractivity contribution in [3.05, 3.63) is 71.1 Å². The molecule has 0 spiro atoms. The molecule has 0 saturated heterocycles. The zero-order valence-corrected chi connectivity index (χ0v) is 8.85. The molecule has 0 saturated carbocycles. The quantitative estimate of drug-likeness (QED) is 0.756. The predicted octanol–water partition coefficient (Wildman–Crippen LogP) is 2.55. The number of benzene rings is 1. The highest BCUT2D eigenvalue weighted by molar-refractivity contribution is 6.12. The maximum atomic E-state index is 5.80. The van der Waals surface area contributed by atoms with Crippen LogP contribution in [0, 0.1) is 0 Å². The molecule has 1 aromatic rings. The molecule has 16 heavy (non-hydrogen) atoms. The molecule has 0 fully saturated rings. The molecule has 0 aromatic heterocycles. The van der Waals surface area contributed by atoms with Crippen LogP contribution in [0.15, 0.2) is 70.5 Å². The number of allylic oxidation sites excluding steroid dienone is 5. The second-order valence-electron chi connectivity index (χ2n) is 4.00. The van der Waals surface area contributed by atoms with Gasteiger partial charge in [-0.2, -0.15) is 0 Å². The summed E-state index contributed by atoms with van der Waals surface area (Å²) in [6.07, 6.45) is 6.86. The van der Waals surface area contributed by atoms with Gasteiger partial charge in [-0.05, 0) is 23.8 Å². The van der Waals surface area contributed by atoms with Gasteiger partial charge >= 0.3 is 0 Å². The minimum absolute atomic E-state index is 0.811. The number of hydrogen-bond acceptors (Lipinski definition) is 2. The van der Waals surface area contributed by atoms with Gasteiger partial charge in [0.2, 0.25) is 0 Å². The van der Waals surface area contributed by atoms with E-state index in [4.69, 9.17) is 5.73 Å². The molecular formula is C14H12N2. The minimum atomic E-state index is 0.811. The Labute approximate surface area is 94.5 Å². The third-order valence-electron chi connectivity index (χ3n) is 2.80. The van der Waals surface area contributed by atoms with Crippen LogP contribution in [-0.2, 0) is 0 Å². The van der Waals surface area contributed by atoms with E-state index in [2.05, 4.69) is 23.2 Å². The second-order valence-corrected chi connectivity index (χ2v) is 4.00. The highest BCUT2D eigenvalue weighted by Gasteiger charge is 2.17. The van der Waals surface area contributed by atoms with Crippen LogP contribution < -0.4 is 5.73 Å². The summed E-state index contributed by atoms with van der Waals surface area (Å²) in [5, 5.41) is 0. The largest absolute Gasteiger partial charge is 0.402 e. The van der Waals surface area contributed by atoms with Crippen LogP contribution in [0.5, 0.6) is 0 Å². The van der Waals surface area contributed by atoms with E-state index in [1.54, 1.807) is 0 Å². The van der Waals surface area contributed by atoms with Crippen molar-refractivity contribution >= 4 is 5.71 Å². The first-order valence-corrected chi connectivity index (χ1v) is 5.34. The zero-order chi connectivity index (χ0) is 11.0. The first-order valence-electron chi connectivity index (χ1n) is 5.34. The fourth-order valence-electron chi connectivity index (χ4n) is 1.98. The highest BCUT2D eigenvalue weighted by atomic mass is 14.8. The summed E-state index contributed by atoms with van der Waals surface area (Å²) >= 11 is 0. The van der Waals surface area contributed by atoms with Crippen LogP contribution in [-0.4, -0.2) is 5.71 Å². The Morgan fingerprint density at radius 1 is 1.06 bits per heavy atom. The van der Waals surface area contributed by atoms with Gasteiger partial charge in [0.05, 0.1) is 11.4 Å². The summed E-state index contributed by atoms with van der Waals surface area (Å²) in [4.78, 5) is 4.60. The highest BCUT2D eigenvalue weighted by Crippen LogP contribution is 2.29. The van der Waals surface area contributed by atoms with Crippen molar-refractivity contribution in [1.82, 2.24) is 0 Å². The summed E-state index contributed by atoms with van der Waals surface area (Å²) < 4.78 is 0. The van der Waals surface area contributed by atoms with Gasteiger partial charge in [-0.15, -0.1) is 0 Å². The topological polar surface area (TPSA) is 38.4 Å². The third-order valence-corrected chi connectivity index (χ3v) is 2.80. The van der Waals surface area contributed by atoms with Crippen molar-refractivity contribution in [2.45, 2.75) is 6.42 Å². The molecule has 2 aliphatic rings. The Hall–Kier alpha value is -2.09. The molecule has 2 nitrogen and oxygen atoms in total. The van der Waals surface area contributed by atoms with E-state index in [0.29, 0.717) is 0 Å². The number of fused-ring (bicyclic) bond motifs is 1. The van der Waals surface area contributed by atoms with Crippen molar-refractivity contribution in [3.63, 3.8) is 0 Å². The number of nitrogens with two attached hydrogens (primary N) is 1. The molecule has 0 unspecified atom stereocenters. The average Bonchev–Trinajstić information content (AvgIpc) is 2.73. The van der Waals surface area contributed by atoms with Crippen LogP contribution in [0.1, 0.15) is 12.0 Å². The monoisotopic (exact) mass is 208 g/mol. The van der Waals surface area contributed by atoms with Crippen LogP contribution in [0.25, 0.3) is 0 Å². The zero-order valence-electron chi connectivity index (χ0n) is 8.85. The lowest BCUT2D eigenvalue weighted by molar-refractivity contribution is 1.06. The molecule has 78 valence electrons. The van der Waals surface area contributed by atoms with E-state index in [1.165, 1.54) is 5.57 Å². The van der Waals surface area contributed by atoms with Gasteiger partial charge in [0.1, 0.15) is 0 Å². The van der Waals surface area contributed by atoms with Gasteiger partial charge in [0.15, 0.2) is 0 Å². The Morgan fingerprint density at radius 3 is 2.69 bits per heavy atom. The number of nitrogens with zero attached hydrogens (tertiary/aromatic N) is 1. The molecule has 1 aliphatic heterocycles. The fourth-order valence-corrected chi connectivity index (χ4v) is 1.98. The van der Waals surface area contributed by atoms with Gasteiger partial charge in [-0.1, -0.05) is 30.3 Å². The van der Waals surface area contributed by atoms with Crippen LogP contribution in [0.3, 0.4) is 0 Å². The maximum absolute atomic E-state index is 5.80. The molecule has 1 heterocycles. The summed E-state index contributed by atoms with van der Waals surface area (Å²) in [7, 11) is 0. The lowest BCUT2D eigenvalue weighted by atomic mass is 10.0. The summed E-state index contributed by atoms with van der Waals surface area (Å²) in [5.41, 5.74) is 11.2. The molecule has 1 aromatic carbocycles. The second kappa shape index (κ2) is 3.49. The average molecular weight is 208 g/mol. The lowest BCUT2D eigenvalue weighted by Crippen LogP contribution is -2.02. The standard InChI is InChI=1S/C14H12N2/c15-12-6-7-13-11(8-12)9-14(16-13)10-4-2-1-3-5-10/h1-7,9H,8,15H2. The first kappa shape index (κ1) is 9.16. The number of aliphatic imine (C=N–C) groups is 1. The number of rotatable bonds is 1. The van der Waals surface area contributed by atoms with Gasteiger partial charge in [-0.25, -0.2) is 4.99 Å². The van der Waals surface area contributed by atoms with E-state index in [1.807, 2.05) is 30.4 Å². The van der Waals surface area contributed by atoms with E-state index >= 15 is 0 Å². The minimum Gasteiger partial charge on any atom is -0.402 e. The Bertz CT molecular complexity index is 545. The Kier molecular flexibility index (Phi) is 2.00. The van der Waals surface area contributed by atoms with Gasteiger partial charge in [0, 0.05) is 17.7 Å². The van der Waals surface area contributed by atoms with Gasteiger partial charge in [0.25, 0.3) is 0 Å². The SMILES string of the molecule is NC1=CC=C2N=C(c3ccccc3)C=C2C1. The third kappa shape index (κ3) is 1.48. The lowest BCUT2D eigenvalue weighted by Gasteiger charge is -2.07. The summed E-state index contributed by atoms with van der Waals surface area (Å²) in [5.74, 6) is 0. The van der Waals surface area contributed by atoms with Crippen LogP contribution in [0.2, 0.25) is 0 Å². The number of hydrogen-bond donors (Lipinski definition) is 1. The smallest absolute Gasteiger partial charge is 0.0713 e. The van der Waals surface area contributed by atoms with Crippen molar-refractivity contribution in [2.75, 3.05) is 0 Å². The molecule has 0 radical (unpaired) electrons. The van der Waals surface area contributed by atoms with Crippen molar-refractivity contribution < 1.29 is 0 Å². The molecule has 1 aliphatic carbocycles. The maximum Gasteiger partial charge on any atom is 0.0713 e. The Morgan fingerprint density at radius 2 is 1.88 bits per heavy atom. The normalized spacial score (nSPS) is 18.2. The molecule has 2 N–H and O–H groups in total. The van der Waals surface area contributed by atoms with Crippen molar-refractivity contribution in [2.24, 2.45) is 10.7 Å². The van der Waals surface area contributed by atoms with E-state index in [-0.39, 0.29) is 0 Å². The van der Waals surface area contributed by atoms with Gasteiger partial charge < -0.3 is 5.73 Å². The van der Waals surface area contributed by atoms with Crippen molar-refractivity contribution in [3.8, 4) is 0 Å². The van der Waals surface area contributed by atoms with Gasteiger partial charge in [-0.3, -0.25) is 0 Å². The molecule has 2 heteroatoms. The molecule has 3 rings (SSSR count). The molecule has 0 atom stereocenters. The summed E-state index contributed by atoms with van der Waals surface area (Å²) in [6.45, 7) is 0. The van der Waals surface area contributed by atoms with Crippen molar-refractivity contribution in [1.29, 1.82) is 0 Å². The molecule has 0 amide bonds. The van der Waals surface area contributed by atoms with Crippen LogP contribution in [0.4, 0.5) is 0 Å². The van der Waals surface area contributed by atoms with E-state index in [0.717, 1.165) is 29.1 Å². The predicted molar refractivity (Wildman–Crippen MR) is 66.0 cm³/mol. The molecule has 0 bridgehead atoms. The van der Waals surface area contributed by atoms with Crippen LogP contribution >= 0.6 is 0 Å². The van der Waals surface area contributed by atoms with E-state index in [9.17, 15) is 0 Å². The molecular weight excluding hydrogens is 196 g/mol. The van der Waals surface area contributed by atoms with E-state index < -0.39 is 0 Å². The fraction of sp³-hybridized carbons (Fsp3) is 0.0714. The summed E-state index contributed by atoms with van der Waals surface area (Å²) in [6, 6.07) is 10.2. The first-order chi connectivity index (χ1) is 7.83. The Balaban J connectivity index is 1.99.